The van der Waals surface area contributed by atoms with Crippen molar-refractivity contribution in [1.82, 2.24) is 5.32 Å². The summed E-state index contributed by atoms with van der Waals surface area (Å²) in [7, 11) is 1.63. The van der Waals surface area contributed by atoms with Crippen LogP contribution in [0.15, 0.2) is 4.99 Å². The van der Waals surface area contributed by atoms with Gasteiger partial charge in [-0.2, -0.15) is 5.26 Å². The average molecular weight is 187 g/mol. The van der Waals surface area contributed by atoms with Gasteiger partial charge in [-0.15, -0.1) is 0 Å². The molecule has 0 heterocycles. The summed E-state index contributed by atoms with van der Waals surface area (Å²) in [5.41, 5.74) is 0. The molecule has 0 saturated heterocycles. The standard InChI is InChI=1S/C7H13N3OS/c1-6(4-11-2)10-7(12-3)9-5-8/h6H,4H2,1-3H3,(H,9,10). The molecule has 0 aromatic heterocycles. The third-order valence-corrected chi connectivity index (χ3v) is 1.70. The Bertz CT molecular complexity index is 188. The molecule has 0 saturated carbocycles. The predicted octanol–water partition coefficient (Wildman–Crippen LogP) is 0.811. The Labute approximate surface area is 77.0 Å². The van der Waals surface area contributed by atoms with E-state index in [1.54, 1.807) is 7.11 Å². The van der Waals surface area contributed by atoms with Crippen LogP contribution in [0.4, 0.5) is 0 Å². The molecular formula is C7H13N3OS. The van der Waals surface area contributed by atoms with Gasteiger partial charge in [0.05, 0.1) is 12.6 Å². The topological polar surface area (TPSA) is 57.4 Å². The molecule has 1 atom stereocenters. The van der Waals surface area contributed by atoms with Gasteiger partial charge in [0.1, 0.15) is 0 Å². The fourth-order valence-corrected chi connectivity index (χ4v) is 1.10. The van der Waals surface area contributed by atoms with Crippen molar-refractivity contribution in [3.63, 3.8) is 0 Å². The summed E-state index contributed by atoms with van der Waals surface area (Å²) < 4.78 is 4.90. The summed E-state index contributed by atoms with van der Waals surface area (Å²) in [6.07, 6.45) is 3.69. The summed E-state index contributed by atoms with van der Waals surface area (Å²) in [5.74, 6) is 0. The molecule has 1 unspecified atom stereocenters. The van der Waals surface area contributed by atoms with Gasteiger partial charge in [-0.1, -0.05) is 11.8 Å². The van der Waals surface area contributed by atoms with E-state index in [-0.39, 0.29) is 6.04 Å². The molecule has 0 aliphatic carbocycles. The van der Waals surface area contributed by atoms with E-state index in [0.29, 0.717) is 11.8 Å². The number of nitrogens with zero attached hydrogens (tertiary/aromatic N) is 2. The quantitative estimate of drug-likeness (QED) is 0.307. The molecule has 0 spiro atoms. The number of amidine groups is 1. The monoisotopic (exact) mass is 187 g/mol. The summed E-state index contributed by atoms with van der Waals surface area (Å²) in [6.45, 7) is 2.50. The first kappa shape index (κ1) is 11.3. The lowest BCUT2D eigenvalue weighted by molar-refractivity contribution is 0.186. The number of nitriles is 1. The lowest BCUT2D eigenvalue weighted by atomic mass is 10.4. The Hall–Kier alpha value is -0.730. The fraction of sp³-hybridized carbons (Fsp3) is 0.714. The molecule has 1 N–H and O–H groups in total. The van der Waals surface area contributed by atoms with E-state index in [9.17, 15) is 0 Å². The third-order valence-electron chi connectivity index (χ3n) is 1.10. The highest BCUT2D eigenvalue weighted by Gasteiger charge is 2.00. The minimum absolute atomic E-state index is 0.0818. The van der Waals surface area contributed by atoms with E-state index >= 15 is 0 Å². The molecule has 5 heteroatoms. The fourth-order valence-electron chi connectivity index (χ4n) is 0.662. The predicted molar refractivity (Wildman–Crippen MR) is 51.0 cm³/mol. The van der Waals surface area contributed by atoms with Crippen molar-refractivity contribution < 1.29 is 4.74 Å². The van der Waals surface area contributed by atoms with Gasteiger partial charge in [0.2, 0.25) is 0 Å². The van der Waals surface area contributed by atoms with Crippen molar-refractivity contribution in [3.05, 3.63) is 0 Å². The minimum atomic E-state index is 0.0818. The van der Waals surface area contributed by atoms with Gasteiger partial charge in [-0.3, -0.25) is 10.3 Å². The molecule has 0 aliphatic rings. The van der Waals surface area contributed by atoms with Crippen molar-refractivity contribution in [3.8, 4) is 6.19 Å². The van der Waals surface area contributed by atoms with E-state index in [1.807, 2.05) is 19.4 Å². The van der Waals surface area contributed by atoms with E-state index in [0.717, 1.165) is 0 Å². The number of hydrogen-bond donors (Lipinski definition) is 1. The summed E-state index contributed by atoms with van der Waals surface area (Å²) in [4.78, 5) is 4.20. The van der Waals surface area contributed by atoms with Gasteiger partial charge < -0.3 is 4.74 Å². The Morgan fingerprint density at radius 3 is 2.92 bits per heavy atom. The van der Waals surface area contributed by atoms with Crippen LogP contribution in [-0.4, -0.2) is 31.2 Å². The van der Waals surface area contributed by atoms with Crippen LogP contribution in [0.25, 0.3) is 0 Å². The first-order chi connectivity index (χ1) is 5.74. The number of ether oxygens (including phenoxy) is 1. The van der Waals surface area contributed by atoms with Gasteiger partial charge >= 0.3 is 0 Å². The summed E-state index contributed by atoms with van der Waals surface area (Å²) in [5, 5.41) is 11.4. The van der Waals surface area contributed by atoms with Gasteiger partial charge in [0.25, 0.3) is 0 Å². The number of nitrogens with one attached hydrogen (secondary N) is 1. The zero-order valence-corrected chi connectivity index (χ0v) is 8.31. The first-order valence-electron chi connectivity index (χ1n) is 3.50. The van der Waals surface area contributed by atoms with E-state index < -0.39 is 0 Å². The number of hydrogen-bond acceptors (Lipinski definition) is 4. The zero-order valence-electron chi connectivity index (χ0n) is 7.50. The number of thioether (sulfide) groups is 1. The van der Waals surface area contributed by atoms with Crippen molar-refractivity contribution >= 4 is 16.9 Å². The minimum Gasteiger partial charge on any atom is -0.382 e. The highest BCUT2D eigenvalue weighted by molar-refractivity contribution is 8.13. The van der Waals surface area contributed by atoms with Crippen LogP contribution in [0.3, 0.4) is 0 Å². The van der Waals surface area contributed by atoms with Crippen LogP contribution in [0, 0.1) is 11.5 Å². The maximum absolute atomic E-state index is 8.32. The molecule has 0 aliphatic heterocycles. The van der Waals surface area contributed by atoms with E-state index in [4.69, 9.17) is 10.00 Å². The number of methoxy groups -OCH3 is 1. The van der Waals surface area contributed by atoms with Crippen LogP contribution < -0.4 is 5.32 Å². The highest BCUT2D eigenvalue weighted by atomic mass is 32.2. The molecule has 0 aromatic rings. The number of rotatable bonds is 3. The van der Waals surface area contributed by atoms with Gasteiger partial charge in [0.15, 0.2) is 11.4 Å². The normalized spacial score (nSPS) is 13.7. The molecule has 0 rings (SSSR count). The Morgan fingerprint density at radius 1 is 1.83 bits per heavy atom. The van der Waals surface area contributed by atoms with Crippen molar-refractivity contribution in [2.75, 3.05) is 20.0 Å². The number of aliphatic imine (C=N–C) groups is 1. The van der Waals surface area contributed by atoms with E-state index in [1.165, 1.54) is 11.8 Å². The second-order valence-electron chi connectivity index (χ2n) is 2.18. The molecule has 0 aromatic carbocycles. The van der Waals surface area contributed by atoms with Crippen molar-refractivity contribution in [2.24, 2.45) is 4.99 Å². The van der Waals surface area contributed by atoms with Crippen LogP contribution in [0.1, 0.15) is 6.92 Å². The maximum atomic E-state index is 8.32. The maximum Gasteiger partial charge on any atom is 0.183 e. The van der Waals surface area contributed by atoms with E-state index in [2.05, 4.69) is 10.3 Å². The summed E-state index contributed by atoms with van der Waals surface area (Å²) in [6, 6.07) is 0.0818. The zero-order chi connectivity index (χ0) is 9.40. The first-order valence-corrected chi connectivity index (χ1v) is 4.73. The largest absolute Gasteiger partial charge is 0.382 e. The molecule has 0 amide bonds. The second-order valence-corrected chi connectivity index (χ2v) is 2.97. The highest BCUT2D eigenvalue weighted by Crippen LogP contribution is 1.98. The molecule has 68 valence electrons. The molecule has 4 nitrogen and oxygen atoms in total. The molecule has 0 radical (unpaired) electrons. The van der Waals surface area contributed by atoms with Crippen molar-refractivity contribution in [1.29, 1.82) is 5.26 Å². The van der Waals surface area contributed by atoms with Crippen molar-refractivity contribution in [2.45, 2.75) is 13.0 Å². The molecule has 0 fully saturated rings. The smallest absolute Gasteiger partial charge is 0.183 e. The Kier molecular flexibility index (Phi) is 6.53. The third kappa shape index (κ3) is 4.99. The van der Waals surface area contributed by atoms with Gasteiger partial charge in [-0.25, -0.2) is 0 Å². The van der Waals surface area contributed by atoms with Gasteiger partial charge in [0, 0.05) is 7.11 Å². The van der Waals surface area contributed by atoms with Crippen LogP contribution in [0.2, 0.25) is 0 Å². The molecular weight excluding hydrogens is 174 g/mol. The Balaban J connectivity index is 3.99. The van der Waals surface area contributed by atoms with Crippen LogP contribution in [-0.2, 0) is 4.74 Å². The lowest BCUT2D eigenvalue weighted by Gasteiger charge is -2.06. The van der Waals surface area contributed by atoms with Gasteiger partial charge in [-0.05, 0) is 13.2 Å². The average Bonchev–Trinajstić information content (AvgIpc) is 2.04. The molecule has 0 bridgehead atoms. The Morgan fingerprint density at radius 2 is 2.50 bits per heavy atom. The lowest BCUT2D eigenvalue weighted by Crippen LogP contribution is -2.18. The summed E-state index contributed by atoms with van der Waals surface area (Å²) >= 11 is 1.41. The second kappa shape index (κ2) is 6.95. The van der Waals surface area contributed by atoms with Crippen LogP contribution >= 0.6 is 11.8 Å². The molecule has 12 heavy (non-hydrogen) atoms. The van der Waals surface area contributed by atoms with Crippen LogP contribution in [0.5, 0.6) is 0 Å². The SMILES string of the molecule is COCC(C)N=C(NC#N)SC.